The fourth-order valence-corrected chi connectivity index (χ4v) is 5.27. The van der Waals surface area contributed by atoms with Gasteiger partial charge in [0, 0.05) is 16.1 Å². The average molecular weight is 574 g/mol. The van der Waals surface area contributed by atoms with E-state index >= 15 is 0 Å². The molecule has 1 aliphatic heterocycles. The molecular weight excluding hydrogens is 551 g/mol. The van der Waals surface area contributed by atoms with Crippen LogP contribution in [-0.4, -0.2) is 42.4 Å². The van der Waals surface area contributed by atoms with Gasteiger partial charge in [-0.15, -0.1) is 0 Å². The summed E-state index contributed by atoms with van der Waals surface area (Å²) in [6, 6.07) is 5.32. The van der Waals surface area contributed by atoms with Gasteiger partial charge in [0.1, 0.15) is 5.71 Å². The predicted molar refractivity (Wildman–Crippen MR) is 122 cm³/mol. The van der Waals surface area contributed by atoms with Gasteiger partial charge in [-0.1, -0.05) is 12.1 Å². The number of carbonyl (C=O) groups excluding carboxylic acids is 3. The van der Waals surface area contributed by atoms with Crippen LogP contribution in [0.3, 0.4) is 0 Å². The maximum absolute atomic E-state index is 13.5. The van der Waals surface area contributed by atoms with Crippen molar-refractivity contribution in [2.75, 3.05) is 7.11 Å². The zero-order valence-electron chi connectivity index (χ0n) is 19.3. The lowest BCUT2D eigenvalue weighted by Gasteiger charge is -2.45. The Morgan fingerprint density at radius 1 is 1.31 bits per heavy atom. The van der Waals surface area contributed by atoms with Crippen molar-refractivity contribution in [1.82, 2.24) is 16.2 Å². The molecule has 14 heteroatoms. The molecule has 1 heterocycles. The first-order valence-electron chi connectivity index (χ1n) is 10.8. The average Bonchev–Trinajstić information content (AvgIpc) is 2.81. The number of ether oxygens (including phenoxy) is 1. The molecule has 1 aliphatic carbocycles. The van der Waals surface area contributed by atoms with E-state index in [-0.39, 0.29) is 47.9 Å². The van der Waals surface area contributed by atoms with Crippen LogP contribution in [0.1, 0.15) is 50.2 Å². The molecule has 36 heavy (non-hydrogen) atoms. The molecule has 0 aromatic heterocycles. The molecular formula is C22H23BrF3N5O5. The number of hydrogen-bond donors (Lipinski definition) is 3. The van der Waals surface area contributed by atoms with Crippen LogP contribution in [0.2, 0.25) is 0 Å². The number of alkyl halides is 3. The lowest BCUT2D eigenvalue weighted by molar-refractivity contribution is -0.146. The maximum Gasteiger partial charge on any atom is 0.428 e. The fraction of sp³-hybridized carbons (Fsp3) is 0.500. The van der Waals surface area contributed by atoms with Crippen LogP contribution in [0, 0.1) is 16.7 Å². The Morgan fingerprint density at radius 2 is 1.97 bits per heavy atom. The first kappa shape index (κ1) is 27.4. The summed E-state index contributed by atoms with van der Waals surface area (Å²) in [6.07, 6.45) is -4.65. The molecule has 3 N–H and O–H groups in total. The van der Waals surface area contributed by atoms with E-state index < -0.39 is 46.7 Å². The number of nitriles is 1. The minimum atomic E-state index is -4.62. The quantitative estimate of drug-likeness (QED) is 0.364. The number of amides is 3. The van der Waals surface area contributed by atoms with Gasteiger partial charge in [0.2, 0.25) is 0 Å². The number of hydrogen-bond acceptors (Lipinski definition) is 7. The smallest absolute Gasteiger partial charge is 0.428 e. The van der Waals surface area contributed by atoms with Crippen LogP contribution in [0.5, 0.6) is 0 Å². The Kier molecular flexibility index (Phi) is 7.94. The Morgan fingerprint density at radius 3 is 2.56 bits per heavy atom. The number of nitrogens with zero attached hydrogens (tertiary/aromatic N) is 2. The summed E-state index contributed by atoms with van der Waals surface area (Å²) in [5, 5.41) is 16.5. The van der Waals surface area contributed by atoms with Gasteiger partial charge in [-0.25, -0.2) is 15.7 Å². The van der Waals surface area contributed by atoms with Crippen LogP contribution in [0.25, 0.3) is 0 Å². The number of carbonyl (C=O) groups is 3. The molecule has 3 amide bonds. The molecule has 194 valence electrons. The van der Waals surface area contributed by atoms with Gasteiger partial charge in [0.25, 0.3) is 0 Å². The lowest BCUT2D eigenvalue weighted by atomic mass is 9.65. The Hall–Kier alpha value is -3.18. The molecule has 0 bridgehead atoms. The second-order valence-corrected chi connectivity index (χ2v) is 9.52. The summed E-state index contributed by atoms with van der Waals surface area (Å²) < 4.78 is 45.8. The third-order valence-electron chi connectivity index (χ3n) is 6.27. The summed E-state index contributed by atoms with van der Waals surface area (Å²) >= 11 is 3.03. The SMILES string of the molecule is CONC(=O)C(=O)N[C@@H](C)CC1(C#N)CCC2(CC1)OC(=O)NN=C2c1cccc(C(F)(F)F)c1Br. The molecule has 1 aromatic carbocycles. The largest absolute Gasteiger partial charge is 0.435 e. The predicted octanol–water partition coefficient (Wildman–Crippen LogP) is 3.31. The van der Waals surface area contributed by atoms with Crippen molar-refractivity contribution in [3.8, 4) is 6.07 Å². The molecule has 2 aliphatic rings. The summed E-state index contributed by atoms with van der Waals surface area (Å²) in [6.45, 7) is 1.64. The lowest BCUT2D eigenvalue weighted by Crippen LogP contribution is -2.54. The van der Waals surface area contributed by atoms with Gasteiger partial charge in [-0.3, -0.25) is 14.4 Å². The van der Waals surface area contributed by atoms with Gasteiger partial charge in [0.15, 0.2) is 5.60 Å². The molecule has 0 radical (unpaired) electrons. The second kappa shape index (κ2) is 10.4. The molecule has 10 nitrogen and oxygen atoms in total. The van der Waals surface area contributed by atoms with Crippen LogP contribution in [0.15, 0.2) is 27.8 Å². The first-order valence-corrected chi connectivity index (χ1v) is 11.6. The van der Waals surface area contributed by atoms with Gasteiger partial charge in [0.05, 0.1) is 24.2 Å². The topological polar surface area (TPSA) is 142 Å². The second-order valence-electron chi connectivity index (χ2n) is 8.73. The summed E-state index contributed by atoms with van der Waals surface area (Å²) in [5.41, 5.74) is 1.10. The van der Waals surface area contributed by atoms with E-state index in [9.17, 15) is 32.8 Å². The van der Waals surface area contributed by atoms with Gasteiger partial charge in [-0.2, -0.15) is 23.5 Å². The highest BCUT2D eigenvalue weighted by molar-refractivity contribution is 9.10. The monoisotopic (exact) mass is 573 g/mol. The maximum atomic E-state index is 13.5. The van der Waals surface area contributed by atoms with E-state index in [2.05, 4.69) is 42.7 Å². The van der Waals surface area contributed by atoms with Crippen molar-refractivity contribution >= 4 is 39.5 Å². The van der Waals surface area contributed by atoms with Crippen LogP contribution in [0.4, 0.5) is 18.0 Å². The van der Waals surface area contributed by atoms with Gasteiger partial charge < -0.3 is 10.1 Å². The summed E-state index contributed by atoms with van der Waals surface area (Å²) in [4.78, 5) is 40.0. The van der Waals surface area contributed by atoms with E-state index in [0.29, 0.717) is 0 Å². The van der Waals surface area contributed by atoms with E-state index in [1.54, 1.807) is 6.92 Å². The third kappa shape index (κ3) is 5.62. The minimum absolute atomic E-state index is 0.110. The third-order valence-corrected chi connectivity index (χ3v) is 7.12. The molecule has 1 saturated carbocycles. The number of rotatable bonds is 5. The summed E-state index contributed by atoms with van der Waals surface area (Å²) in [5.74, 6) is -1.92. The van der Waals surface area contributed by atoms with E-state index in [4.69, 9.17) is 4.74 Å². The summed E-state index contributed by atoms with van der Waals surface area (Å²) in [7, 11) is 1.18. The van der Waals surface area contributed by atoms with Gasteiger partial charge in [-0.05, 0) is 61.0 Å². The van der Waals surface area contributed by atoms with Gasteiger partial charge >= 0.3 is 24.1 Å². The highest BCUT2D eigenvalue weighted by atomic mass is 79.9. The van der Waals surface area contributed by atoms with Crippen molar-refractivity contribution in [2.24, 2.45) is 10.5 Å². The molecule has 0 unspecified atom stereocenters. The number of benzene rings is 1. The van der Waals surface area contributed by atoms with Crippen molar-refractivity contribution in [3.05, 3.63) is 33.8 Å². The van der Waals surface area contributed by atoms with Crippen molar-refractivity contribution < 1.29 is 37.1 Å². The Balaban J connectivity index is 1.83. The van der Waals surface area contributed by atoms with E-state index in [1.807, 2.05) is 5.48 Å². The number of nitrogens with one attached hydrogen (secondary N) is 3. The van der Waals surface area contributed by atoms with Crippen molar-refractivity contribution in [3.63, 3.8) is 0 Å². The minimum Gasteiger partial charge on any atom is -0.435 e. The molecule has 1 fully saturated rings. The zero-order valence-corrected chi connectivity index (χ0v) is 20.9. The molecule has 1 atom stereocenters. The first-order chi connectivity index (χ1) is 16.9. The highest BCUT2D eigenvalue weighted by Gasteiger charge is 2.51. The highest BCUT2D eigenvalue weighted by Crippen LogP contribution is 2.48. The standard InChI is InChI=1S/C22H23BrF3N5O5/c1-12(28-17(32)18(33)31-35-2)10-20(11-27)6-8-21(9-7-20)16(29-30-19(34)36-21)13-4-3-5-14(15(13)23)22(24,25)26/h3-5,12H,6-10H2,1-2H3,(H,28,32)(H,30,34)(H,31,33)/t12-,20?,21?/m0/s1. The molecule has 3 rings (SSSR count). The number of hydroxylamine groups is 1. The van der Waals surface area contributed by atoms with Crippen LogP contribution < -0.4 is 16.2 Å². The Bertz CT molecular complexity index is 1130. The number of halogens is 4. The fourth-order valence-electron chi connectivity index (χ4n) is 4.59. The Labute approximate surface area is 212 Å². The molecule has 1 spiro atoms. The molecule has 1 aromatic rings. The number of hydrazone groups is 1. The van der Waals surface area contributed by atoms with E-state index in [1.165, 1.54) is 19.2 Å². The molecule has 0 saturated heterocycles. The zero-order chi connectivity index (χ0) is 26.7. The van der Waals surface area contributed by atoms with Crippen LogP contribution >= 0.6 is 15.9 Å². The van der Waals surface area contributed by atoms with E-state index in [0.717, 1.165) is 6.07 Å². The normalized spacial score (nSPS) is 24.6. The van der Waals surface area contributed by atoms with Crippen LogP contribution in [-0.2, 0) is 25.3 Å². The van der Waals surface area contributed by atoms with Crippen molar-refractivity contribution in [1.29, 1.82) is 5.26 Å². The van der Waals surface area contributed by atoms with Crippen molar-refractivity contribution in [2.45, 2.75) is 56.8 Å².